The van der Waals surface area contributed by atoms with Crippen LogP contribution in [-0.4, -0.2) is 13.2 Å². The van der Waals surface area contributed by atoms with Gasteiger partial charge in [0.2, 0.25) is 0 Å². The van der Waals surface area contributed by atoms with Crippen LogP contribution in [-0.2, 0) is 6.42 Å². The Kier molecular flexibility index (Phi) is 6.03. The Morgan fingerprint density at radius 2 is 1.35 bits per heavy atom. The van der Waals surface area contributed by atoms with Crippen molar-refractivity contribution in [2.45, 2.75) is 47.0 Å². The van der Waals surface area contributed by atoms with Crippen molar-refractivity contribution in [2.24, 2.45) is 5.92 Å². The van der Waals surface area contributed by atoms with Gasteiger partial charge in [0.05, 0.1) is 13.2 Å². The highest BCUT2D eigenvalue weighted by Gasteiger charge is 2.16. The second-order valence-corrected chi connectivity index (χ2v) is 7.24. The van der Waals surface area contributed by atoms with E-state index >= 15 is 0 Å². The van der Waals surface area contributed by atoms with Gasteiger partial charge in [-0.2, -0.15) is 0 Å². The first kappa shape index (κ1) is 18.6. The van der Waals surface area contributed by atoms with Gasteiger partial charge in [-0.05, 0) is 44.2 Å². The molecule has 0 atom stereocenters. The van der Waals surface area contributed by atoms with Crippen molar-refractivity contribution in [2.75, 3.05) is 13.2 Å². The molecule has 0 heterocycles. The average molecular weight is 351 g/mol. The molecule has 2 heteroatoms. The van der Waals surface area contributed by atoms with Gasteiger partial charge in [-0.1, -0.05) is 56.7 Å². The van der Waals surface area contributed by atoms with Gasteiger partial charge >= 0.3 is 0 Å². The van der Waals surface area contributed by atoms with E-state index in [0.29, 0.717) is 13.2 Å². The molecular weight excluding hydrogens is 320 g/mol. The molecule has 0 radical (unpaired) electrons. The Labute approximate surface area is 157 Å². The molecule has 0 N–H and O–H groups in total. The van der Waals surface area contributed by atoms with Crippen LogP contribution >= 0.6 is 0 Å². The molecule has 2 nitrogen and oxygen atoms in total. The van der Waals surface area contributed by atoms with Crippen LogP contribution in [0.3, 0.4) is 0 Å². The fraction of sp³-hybridized carbons (Fsp3) is 0.417. The number of fused-ring (bicyclic) bond motifs is 2. The summed E-state index contributed by atoms with van der Waals surface area (Å²) in [6, 6.07) is 15.1. The van der Waals surface area contributed by atoms with Crippen molar-refractivity contribution in [3.05, 3.63) is 48.0 Å². The number of rotatable bonds is 8. The van der Waals surface area contributed by atoms with Gasteiger partial charge in [0, 0.05) is 21.5 Å². The molecule has 0 aliphatic heterocycles. The summed E-state index contributed by atoms with van der Waals surface area (Å²) in [6.45, 7) is 9.97. The lowest BCUT2D eigenvalue weighted by atomic mass is 9.96. The topological polar surface area (TPSA) is 18.5 Å². The lowest BCUT2D eigenvalue weighted by Gasteiger charge is -2.17. The molecule has 138 valence electrons. The number of aryl methyl sites for hydroxylation is 1. The van der Waals surface area contributed by atoms with E-state index in [0.717, 1.165) is 45.4 Å². The summed E-state index contributed by atoms with van der Waals surface area (Å²) in [5.41, 5.74) is 1.37. The van der Waals surface area contributed by atoms with E-state index in [1.165, 1.54) is 18.4 Å². The number of hydrogen-bond acceptors (Lipinski definition) is 2. The monoisotopic (exact) mass is 350 g/mol. The molecule has 0 aromatic heterocycles. The lowest BCUT2D eigenvalue weighted by molar-refractivity contribution is 0.342. The lowest BCUT2D eigenvalue weighted by Crippen LogP contribution is -1.99. The van der Waals surface area contributed by atoms with E-state index < -0.39 is 0 Å². The SMILES string of the molecule is CCOc1c2ccccc2c(OCC)c2cc(CCCC(C)C)ccc12. The average Bonchev–Trinajstić information content (AvgIpc) is 2.64. The molecule has 0 saturated carbocycles. The van der Waals surface area contributed by atoms with E-state index in [2.05, 4.69) is 56.3 Å². The maximum Gasteiger partial charge on any atom is 0.135 e. The Morgan fingerprint density at radius 1 is 0.769 bits per heavy atom. The third-order valence-electron chi connectivity index (χ3n) is 4.81. The van der Waals surface area contributed by atoms with Crippen molar-refractivity contribution in [3.8, 4) is 11.5 Å². The van der Waals surface area contributed by atoms with E-state index in [4.69, 9.17) is 9.47 Å². The molecule has 0 saturated heterocycles. The molecule has 26 heavy (non-hydrogen) atoms. The number of benzene rings is 3. The van der Waals surface area contributed by atoms with Gasteiger partial charge in [-0.3, -0.25) is 0 Å². The van der Waals surface area contributed by atoms with Gasteiger partial charge < -0.3 is 9.47 Å². The summed E-state index contributed by atoms with van der Waals surface area (Å²) in [5, 5.41) is 4.56. The fourth-order valence-electron chi connectivity index (χ4n) is 3.62. The van der Waals surface area contributed by atoms with Crippen LogP contribution in [0.4, 0.5) is 0 Å². The van der Waals surface area contributed by atoms with Gasteiger partial charge in [-0.25, -0.2) is 0 Å². The highest BCUT2D eigenvalue weighted by Crippen LogP contribution is 2.43. The van der Waals surface area contributed by atoms with Crippen LogP contribution in [0.15, 0.2) is 42.5 Å². The van der Waals surface area contributed by atoms with Gasteiger partial charge in [0.1, 0.15) is 11.5 Å². The molecule has 0 aliphatic rings. The van der Waals surface area contributed by atoms with Crippen LogP contribution in [0.2, 0.25) is 0 Å². The van der Waals surface area contributed by atoms with Crippen LogP contribution < -0.4 is 9.47 Å². The molecule has 3 rings (SSSR count). The molecule has 0 spiro atoms. The van der Waals surface area contributed by atoms with E-state index in [1.54, 1.807) is 0 Å². The van der Waals surface area contributed by atoms with Crippen LogP contribution in [0.1, 0.15) is 46.1 Å². The third-order valence-corrected chi connectivity index (χ3v) is 4.81. The normalized spacial score (nSPS) is 11.4. The largest absolute Gasteiger partial charge is 0.493 e. The summed E-state index contributed by atoms with van der Waals surface area (Å²) in [4.78, 5) is 0. The van der Waals surface area contributed by atoms with E-state index in [-0.39, 0.29) is 0 Å². The summed E-state index contributed by atoms with van der Waals surface area (Å²) in [6.07, 6.45) is 3.59. The first-order chi connectivity index (χ1) is 12.7. The summed E-state index contributed by atoms with van der Waals surface area (Å²) in [5.74, 6) is 2.70. The first-order valence-corrected chi connectivity index (χ1v) is 9.88. The van der Waals surface area contributed by atoms with Crippen molar-refractivity contribution in [1.29, 1.82) is 0 Å². The molecule has 3 aromatic rings. The number of hydrogen-bond donors (Lipinski definition) is 0. The highest BCUT2D eigenvalue weighted by molar-refractivity contribution is 6.11. The number of ether oxygens (including phenoxy) is 2. The minimum atomic E-state index is 0.656. The first-order valence-electron chi connectivity index (χ1n) is 9.88. The van der Waals surface area contributed by atoms with Gasteiger partial charge in [-0.15, -0.1) is 0 Å². The highest BCUT2D eigenvalue weighted by atomic mass is 16.5. The van der Waals surface area contributed by atoms with Crippen LogP contribution in [0.25, 0.3) is 21.5 Å². The Morgan fingerprint density at radius 3 is 1.92 bits per heavy atom. The van der Waals surface area contributed by atoms with E-state index in [1.807, 2.05) is 13.8 Å². The van der Waals surface area contributed by atoms with Crippen molar-refractivity contribution < 1.29 is 9.47 Å². The van der Waals surface area contributed by atoms with E-state index in [9.17, 15) is 0 Å². The molecule has 3 aromatic carbocycles. The maximum absolute atomic E-state index is 6.11. The summed E-state index contributed by atoms with van der Waals surface area (Å²) < 4.78 is 12.2. The maximum atomic E-state index is 6.11. The van der Waals surface area contributed by atoms with Crippen molar-refractivity contribution >= 4 is 21.5 Å². The Balaban J connectivity index is 2.17. The summed E-state index contributed by atoms with van der Waals surface area (Å²) in [7, 11) is 0. The zero-order chi connectivity index (χ0) is 18.5. The van der Waals surface area contributed by atoms with Crippen LogP contribution in [0.5, 0.6) is 11.5 Å². The molecule has 0 fully saturated rings. The Hall–Kier alpha value is -2.22. The fourth-order valence-corrected chi connectivity index (χ4v) is 3.62. The molecule has 0 unspecified atom stereocenters. The molecule has 0 aliphatic carbocycles. The predicted octanol–water partition coefficient (Wildman–Crippen LogP) is 6.77. The van der Waals surface area contributed by atoms with Gasteiger partial charge in [0.15, 0.2) is 0 Å². The second kappa shape index (κ2) is 8.44. The van der Waals surface area contributed by atoms with Crippen molar-refractivity contribution in [3.63, 3.8) is 0 Å². The van der Waals surface area contributed by atoms with Crippen LogP contribution in [0, 0.1) is 5.92 Å². The zero-order valence-corrected chi connectivity index (χ0v) is 16.5. The summed E-state index contributed by atoms with van der Waals surface area (Å²) >= 11 is 0. The van der Waals surface area contributed by atoms with Gasteiger partial charge in [0.25, 0.3) is 0 Å². The third kappa shape index (κ3) is 3.80. The Bertz CT molecular complexity index is 880. The smallest absolute Gasteiger partial charge is 0.135 e. The second-order valence-electron chi connectivity index (χ2n) is 7.24. The minimum Gasteiger partial charge on any atom is -0.493 e. The quantitative estimate of drug-likeness (QED) is 0.417. The predicted molar refractivity (Wildman–Crippen MR) is 112 cm³/mol. The minimum absolute atomic E-state index is 0.656. The van der Waals surface area contributed by atoms with Crippen molar-refractivity contribution in [1.82, 2.24) is 0 Å². The standard InChI is InChI=1S/C24H30O2/c1-5-25-23-19-12-7-8-13-20(19)24(26-6-2)22-16-18(14-15-21(22)23)11-9-10-17(3)4/h7-8,12-17H,5-6,9-11H2,1-4H3. The molecular formula is C24H30O2. The molecule has 0 amide bonds. The zero-order valence-electron chi connectivity index (χ0n) is 16.5. The molecule has 0 bridgehead atoms.